The Hall–Kier alpha value is -3.40. The van der Waals surface area contributed by atoms with Crippen LogP contribution in [0.5, 0.6) is 5.75 Å². The number of rotatable bonds is 6. The van der Waals surface area contributed by atoms with Crippen molar-refractivity contribution in [1.82, 2.24) is 5.43 Å². The van der Waals surface area contributed by atoms with Crippen molar-refractivity contribution in [2.75, 3.05) is 6.61 Å². The Balaban J connectivity index is 1.60. The molecule has 3 aromatic rings. The molecular weight excluding hydrogens is 336 g/mol. The number of carbonyl (C=O) groups is 1. The van der Waals surface area contributed by atoms with E-state index >= 15 is 0 Å². The van der Waals surface area contributed by atoms with Crippen molar-refractivity contribution in [2.24, 2.45) is 5.10 Å². The quantitative estimate of drug-likeness (QED) is 0.521. The number of aryl methyl sites for hydroxylation is 2. The number of ether oxygens (including phenoxy) is 1. The lowest BCUT2D eigenvalue weighted by molar-refractivity contribution is -0.123. The van der Waals surface area contributed by atoms with E-state index in [0.29, 0.717) is 5.75 Å². The lowest BCUT2D eigenvalue weighted by atomic mass is 10.1. The van der Waals surface area contributed by atoms with E-state index in [-0.39, 0.29) is 12.5 Å². The van der Waals surface area contributed by atoms with E-state index in [1.54, 1.807) is 6.21 Å². The van der Waals surface area contributed by atoms with Crippen molar-refractivity contribution in [3.05, 3.63) is 89.5 Å². The normalized spacial score (nSPS) is 10.7. The molecule has 136 valence electrons. The van der Waals surface area contributed by atoms with E-state index in [4.69, 9.17) is 4.74 Å². The molecule has 1 N–H and O–H groups in total. The zero-order valence-corrected chi connectivity index (χ0v) is 15.5. The summed E-state index contributed by atoms with van der Waals surface area (Å²) in [5.74, 6) is 0.358. The Morgan fingerprint density at radius 3 is 2.56 bits per heavy atom. The number of benzene rings is 3. The molecule has 0 saturated heterocycles. The molecule has 1 amide bonds. The lowest BCUT2D eigenvalue weighted by Crippen LogP contribution is -2.24. The van der Waals surface area contributed by atoms with Crippen LogP contribution in [0.3, 0.4) is 0 Å². The van der Waals surface area contributed by atoms with E-state index in [2.05, 4.69) is 10.5 Å². The number of nitrogens with zero attached hydrogens (tertiary/aromatic N) is 1. The van der Waals surface area contributed by atoms with Crippen LogP contribution in [-0.4, -0.2) is 18.7 Å². The Bertz CT molecular complexity index is 950. The van der Waals surface area contributed by atoms with Crippen LogP contribution in [0.2, 0.25) is 0 Å². The number of hydrogen-bond donors (Lipinski definition) is 1. The van der Waals surface area contributed by atoms with Gasteiger partial charge in [-0.3, -0.25) is 4.79 Å². The Morgan fingerprint density at radius 2 is 1.74 bits per heavy atom. The maximum absolute atomic E-state index is 12.1. The summed E-state index contributed by atoms with van der Waals surface area (Å²) in [7, 11) is 0. The van der Waals surface area contributed by atoms with E-state index in [0.717, 1.165) is 27.8 Å². The van der Waals surface area contributed by atoms with Gasteiger partial charge >= 0.3 is 0 Å². The highest BCUT2D eigenvalue weighted by atomic mass is 16.5. The summed E-state index contributed by atoms with van der Waals surface area (Å²) in [6, 6.07) is 23.7. The Labute approximate surface area is 159 Å². The molecule has 0 bridgehead atoms. The van der Waals surface area contributed by atoms with Crippen LogP contribution < -0.4 is 10.2 Å². The molecular formula is C23H22N2O2. The molecule has 3 rings (SSSR count). The van der Waals surface area contributed by atoms with Crippen molar-refractivity contribution < 1.29 is 9.53 Å². The van der Waals surface area contributed by atoms with E-state index in [1.165, 1.54) is 0 Å². The molecule has 0 unspecified atom stereocenters. The largest absolute Gasteiger partial charge is 0.483 e. The predicted molar refractivity (Wildman–Crippen MR) is 109 cm³/mol. The van der Waals surface area contributed by atoms with Crippen LogP contribution in [-0.2, 0) is 4.79 Å². The SMILES string of the molecule is Cc1ccc(C)c(/C=N/NC(=O)COc2ccccc2-c2ccccc2)c1. The third kappa shape index (κ3) is 5.05. The molecule has 0 heterocycles. The minimum absolute atomic E-state index is 0.103. The fourth-order valence-corrected chi connectivity index (χ4v) is 2.70. The van der Waals surface area contributed by atoms with Crippen LogP contribution in [0.25, 0.3) is 11.1 Å². The second kappa shape index (κ2) is 8.81. The summed E-state index contributed by atoms with van der Waals surface area (Å²) in [5, 5.41) is 4.03. The second-order valence-electron chi connectivity index (χ2n) is 6.30. The van der Waals surface area contributed by atoms with Gasteiger partial charge in [0.2, 0.25) is 0 Å². The van der Waals surface area contributed by atoms with Gasteiger partial charge in [0.25, 0.3) is 5.91 Å². The summed E-state index contributed by atoms with van der Waals surface area (Å²) in [6.07, 6.45) is 1.65. The molecule has 0 radical (unpaired) electrons. The zero-order chi connectivity index (χ0) is 19.1. The fraction of sp³-hybridized carbons (Fsp3) is 0.130. The molecule has 27 heavy (non-hydrogen) atoms. The van der Waals surface area contributed by atoms with Crippen molar-refractivity contribution >= 4 is 12.1 Å². The van der Waals surface area contributed by atoms with Crippen LogP contribution in [0, 0.1) is 13.8 Å². The highest BCUT2D eigenvalue weighted by Gasteiger charge is 2.07. The number of hydrogen-bond acceptors (Lipinski definition) is 3. The molecule has 0 aromatic heterocycles. The first-order valence-corrected chi connectivity index (χ1v) is 8.80. The lowest BCUT2D eigenvalue weighted by Gasteiger charge is -2.11. The average Bonchev–Trinajstić information content (AvgIpc) is 2.70. The average molecular weight is 358 g/mol. The van der Waals surface area contributed by atoms with E-state index in [9.17, 15) is 4.79 Å². The highest BCUT2D eigenvalue weighted by molar-refractivity contribution is 5.84. The predicted octanol–water partition coefficient (Wildman–Crippen LogP) is 4.50. The van der Waals surface area contributed by atoms with Crippen molar-refractivity contribution in [3.8, 4) is 16.9 Å². The molecule has 0 aliphatic carbocycles. The van der Waals surface area contributed by atoms with Crippen LogP contribution >= 0.6 is 0 Å². The van der Waals surface area contributed by atoms with Gasteiger partial charge in [-0.2, -0.15) is 5.10 Å². The molecule has 0 aliphatic heterocycles. The van der Waals surface area contributed by atoms with Crippen LogP contribution in [0.4, 0.5) is 0 Å². The first-order valence-electron chi connectivity index (χ1n) is 8.80. The fourth-order valence-electron chi connectivity index (χ4n) is 2.70. The molecule has 3 aromatic carbocycles. The topological polar surface area (TPSA) is 50.7 Å². The number of carbonyl (C=O) groups excluding carboxylic acids is 1. The van der Waals surface area contributed by atoms with Gasteiger partial charge in [-0.25, -0.2) is 5.43 Å². The third-order valence-electron chi connectivity index (χ3n) is 4.16. The van der Waals surface area contributed by atoms with E-state index in [1.807, 2.05) is 86.6 Å². The summed E-state index contributed by atoms with van der Waals surface area (Å²) >= 11 is 0. The number of amides is 1. The first-order chi connectivity index (χ1) is 13.1. The van der Waals surface area contributed by atoms with Gasteiger partial charge in [0.05, 0.1) is 6.21 Å². The first kappa shape index (κ1) is 18.4. The highest BCUT2D eigenvalue weighted by Crippen LogP contribution is 2.29. The summed E-state index contributed by atoms with van der Waals surface area (Å²) < 4.78 is 5.71. The molecule has 0 spiro atoms. The third-order valence-corrected chi connectivity index (χ3v) is 4.16. The number of para-hydroxylation sites is 1. The molecule has 4 heteroatoms. The van der Waals surface area contributed by atoms with Gasteiger partial charge in [-0.15, -0.1) is 0 Å². The van der Waals surface area contributed by atoms with Crippen molar-refractivity contribution in [1.29, 1.82) is 0 Å². The second-order valence-corrected chi connectivity index (χ2v) is 6.30. The van der Waals surface area contributed by atoms with Gasteiger partial charge in [-0.05, 0) is 36.6 Å². The Morgan fingerprint density at radius 1 is 1.00 bits per heavy atom. The van der Waals surface area contributed by atoms with E-state index < -0.39 is 0 Å². The molecule has 0 fully saturated rings. The van der Waals surface area contributed by atoms with Crippen molar-refractivity contribution in [3.63, 3.8) is 0 Å². The molecule has 0 aliphatic rings. The maximum atomic E-state index is 12.1. The Kier molecular flexibility index (Phi) is 6.00. The molecule has 0 saturated carbocycles. The molecule has 0 atom stereocenters. The van der Waals surface area contributed by atoms with Crippen LogP contribution in [0.1, 0.15) is 16.7 Å². The zero-order valence-electron chi connectivity index (χ0n) is 15.5. The van der Waals surface area contributed by atoms with Gasteiger partial charge in [-0.1, -0.05) is 72.3 Å². The minimum atomic E-state index is -0.306. The van der Waals surface area contributed by atoms with Gasteiger partial charge in [0.15, 0.2) is 6.61 Å². The molecule has 4 nitrogen and oxygen atoms in total. The standard InChI is InChI=1S/C23H22N2O2/c1-17-12-13-18(2)20(14-17)15-24-25-23(26)16-27-22-11-7-6-10-21(22)19-8-4-3-5-9-19/h3-15H,16H2,1-2H3,(H,25,26)/b24-15+. The van der Waals surface area contributed by atoms with Crippen LogP contribution in [0.15, 0.2) is 77.9 Å². The van der Waals surface area contributed by atoms with Crippen molar-refractivity contribution in [2.45, 2.75) is 13.8 Å². The monoisotopic (exact) mass is 358 g/mol. The summed E-state index contributed by atoms with van der Waals surface area (Å²) in [5.41, 5.74) is 7.73. The van der Waals surface area contributed by atoms with Gasteiger partial charge < -0.3 is 4.74 Å². The minimum Gasteiger partial charge on any atom is -0.483 e. The number of nitrogens with one attached hydrogen (secondary N) is 1. The van der Waals surface area contributed by atoms with Gasteiger partial charge in [0, 0.05) is 5.56 Å². The summed E-state index contributed by atoms with van der Waals surface area (Å²) in [6.45, 7) is 3.92. The smallest absolute Gasteiger partial charge is 0.277 e. The number of hydrazone groups is 1. The summed E-state index contributed by atoms with van der Waals surface area (Å²) in [4.78, 5) is 12.1. The maximum Gasteiger partial charge on any atom is 0.277 e. The van der Waals surface area contributed by atoms with Gasteiger partial charge in [0.1, 0.15) is 5.75 Å².